The third kappa shape index (κ3) is 3.27. The molecule has 0 aromatic heterocycles. The van der Waals surface area contributed by atoms with Gasteiger partial charge in [0.2, 0.25) is 0 Å². The molecule has 0 radical (unpaired) electrons. The Hall–Kier alpha value is -1.46. The maximum absolute atomic E-state index is 13.1. The summed E-state index contributed by atoms with van der Waals surface area (Å²) in [5, 5.41) is 0. The molecule has 0 atom stereocenters. The van der Waals surface area contributed by atoms with Crippen LogP contribution in [-0.2, 0) is 0 Å². The molecule has 0 saturated heterocycles. The van der Waals surface area contributed by atoms with Crippen molar-refractivity contribution in [2.75, 3.05) is 0 Å². The zero-order valence-electron chi connectivity index (χ0n) is 9.63. The predicted octanol–water partition coefficient (Wildman–Crippen LogP) is 3.90. The van der Waals surface area contributed by atoms with E-state index >= 15 is 0 Å². The average molecular weight is 264 g/mol. The van der Waals surface area contributed by atoms with Gasteiger partial charge in [-0.25, -0.2) is 4.39 Å². The maximum atomic E-state index is 13.1. The van der Waals surface area contributed by atoms with Gasteiger partial charge in [-0.05, 0) is 30.9 Å². The van der Waals surface area contributed by atoms with E-state index in [0.717, 1.165) is 25.0 Å². The second kappa shape index (κ2) is 4.66. The number of rotatable bonds is 3. The van der Waals surface area contributed by atoms with Crippen molar-refractivity contribution in [3.8, 4) is 11.5 Å². The normalized spacial score (nSPS) is 23.4. The lowest BCUT2D eigenvalue weighted by Crippen LogP contribution is -2.31. The molecule has 1 aromatic rings. The lowest BCUT2D eigenvalue weighted by Gasteiger charge is -2.32. The Morgan fingerprint density at radius 1 is 1.22 bits per heavy atom. The minimum Gasteiger partial charge on any atom is -0.490 e. The molecule has 0 heterocycles. The lowest BCUT2D eigenvalue weighted by atomic mass is 9.84. The quantitative estimate of drug-likeness (QED) is 0.771. The number of benzene rings is 1. The van der Waals surface area contributed by atoms with E-state index in [4.69, 9.17) is 4.74 Å². The molecule has 6 heteroatoms. The number of halogens is 4. The Labute approximate surface area is 102 Å². The summed E-state index contributed by atoms with van der Waals surface area (Å²) in [6.45, 7) is 2.06. The third-order valence-corrected chi connectivity index (χ3v) is 2.76. The topological polar surface area (TPSA) is 18.5 Å². The summed E-state index contributed by atoms with van der Waals surface area (Å²) in [5.74, 6) is -1.19. The summed E-state index contributed by atoms with van der Waals surface area (Å²) in [4.78, 5) is 0. The van der Waals surface area contributed by atoms with E-state index in [1.165, 1.54) is 6.07 Å². The highest BCUT2D eigenvalue weighted by atomic mass is 19.4. The maximum Gasteiger partial charge on any atom is 0.573 e. The van der Waals surface area contributed by atoms with Crippen LogP contribution in [-0.4, -0.2) is 12.5 Å². The van der Waals surface area contributed by atoms with Crippen molar-refractivity contribution in [1.29, 1.82) is 0 Å². The van der Waals surface area contributed by atoms with E-state index in [1.54, 1.807) is 0 Å². The van der Waals surface area contributed by atoms with Crippen molar-refractivity contribution in [2.24, 2.45) is 5.92 Å². The lowest BCUT2D eigenvalue weighted by molar-refractivity contribution is -0.275. The first-order chi connectivity index (χ1) is 8.33. The zero-order valence-corrected chi connectivity index (χ0v) is 9.63. The van der Waals surface area contributed by atoms with Gasteiger partial charge in [-0.1, -0.05) is 6.92 Å². The van der Waals surface area contributed by atoms with E-state index in [0.29, 0.717) is 5.92 Å². The van der Waals surface area contributed by atoms with Crippen LogP contribution >= 0.6 is 0 Å². The SMILES string of the molecule is CC1CC(Oc2ccc(F)c(OC(F)(F)F)c2)C1. The van der Waals surface area contributed by atoms with Gasteiger partial charge in [-0.2, -0.15) is 0 Å². The second-order valence-corrected chi connectivity index (χ2v) is 4.46. The summed E-state index contributed by atoms with van der Waals surface area (Å²) < 4.78 is 58.1. The number of alkyl halides is 3. The van der Waals surface area contributed by atoms with Crippen molar-refractivity contribution >= 4 is 0 Å². The molecule has 1 aliphatic carbocycles. The monoisotopic (exact) mass is 264 g/mol. The molecule has 1 aromatic carbocycles. The van der Waals surface area contributed by atoms with Crippen LogP contribution in [0.2, 0.25) is 0 Å². The molecular weight excluding hydrogens is 252 g/mol. The average Bonchev–Trinajstić information content (AvgIpc) is 2.18. The van der Waals surface area contributed by atoms with E-state index in [9.17, 15) is 17.6 Å². The fourth-order valence-electron chi connectivity index (χ4n) is 1.88. The van der Waals surface area contributed by atoms with Gasteiger partial charge in [0, 0.05) is 6.07 Å². The zero-order chi connectivity index (χ0) is 13.3. The fourth-order valence-corrected chi connectivity index (χ4v) is 1.88. The molecule has 0 amide bonds. The second-order valence-electron chi connectivity index (χ2n) is 4.46. The molecule has 0 unspecified atom stereocenters. The number of ether oxygens (including phenoxy) is 2. The van der Waals surface area contributed by atoms with Gasteiger partial charge >= 0.3 is 6.36 Å². The highest BCUT2D eigenvalue weighted by molar-refractivity contribution is 5.34. The summed E-state index contributed by atoms with van der Waals surface area (Å²) >= 11 is 0. The molecule has 2 rings (SSSR count). The standard InChI is InChI=1S/C12H12F4O2/c1-7-4-9(5-7)17-8-2-3-10(13)11(6-8)18-12(14,15)16/h2-3,6-7,9H,4-5H2,1H3. The van der Waals surface area contributed by atoms with Gasteiger partial charge in [-0.15, -0.1) is 13.2 Å². The van der Waals surface area contributed by atoms with Gasteiger partial charge in [0.05, 0.1) is 6.10 Å². The smallest absolute Gasteiger partial charge is 0.490 e. The van der Waals surface area contributed by atoms with Gasteiger partial charge in [-0.3, -0.25) is 0 Å². The van der Waals surface area contributed by atoms with Crippen LogP contribution in [0.1, 0.15) is 19.8 Å². The summed E-state index contributed by atoms with van der Waals surface area (Å²) in [7, 11) is 0. The van der Waals surface area contributed by atoms with Crippen molar-refractivity contribution in [2.45, 2.75) is 32.2 Å². The largest absolute Gasteiger partial charge is 0.573 e. The number of hydrogen-bond donors (Lipinski definition) is 0. The Morgan fingerprint density at radius 2 is 1.89 bits per heavy atom. The van der Waals surface area contributed by atoms with Crippen molar-refractivity contribution < 1.29 is 27.0 Å². The van der Waals surface area contributed by atoms with Crippen LogP contribution in [0.15, 0.2) is 18.2 Å². The van der Waals surface area contributed by atoms with Crippen LogP contribution < -0.4 is 9.47 Å². The van der Waals surface area contributed by atoms with Crippen LogP contribution in [0.3, 0.4) is 0 Å². The van der Waals surface area contributed by atoms with E-state index in [1.807, 2.05) is 0 Å². The first-order valence-electron chi connectivity index (χ1n) is 5.55. The van der Waals surface area contributed by atoms with Gasteiger partial charge in [0.25, 0.3) is 0 Å². The van der Waals surface area contributed by atoms with Crippen molar-refractivity contribution in [3.63, 3.8) is 0 Å². The van der Waals surface area contributed by atoms with Crippen LogP contribution in [0.5, 0.6) is 11.5 Å². The first kappa shape index (κ1) is 13.0. The van der Waals surface area contributed by atoms with Gasteiger partial charge < -0.3 is 9.47 Å². The Kier molecular flexibility index (Phi) is 3.36. The van der Waals surface area contributed by atoms with Gasteiger partial charge in [0.1, 0.15) is 5.75 Å². The summed E-state index contributed by atoms with van der Waals surface area (Å²) in [6, 6.07) is 3.12. The first-order valence-corrected chi connectivity index (χ1v) is 5.55. The molecule has 100 valence electrons. The highest BCUT2D eigenvalue weighted by Crippen LogP contribution is 2.33. The third-order valence-electron chi connectivity index (χ3n) is 2.76. The van der Waals surface area contributed by atoms with Crippen LogP contribution in [0.4, 0.5) is 17.6 Å². The molecule has 1 fully saturated rings. The molecule has 0 spiro atoms. The molecule has 18 heavy (non-hydrogen) atoms. The van der Waals surface area contributed by atoms with Crippen LogP contribution in [0, 0.1) is 11.7 Å². The molecule has 0 aliphatic heterocycles. The summed E-state index contributed by atoms with van der Waals surface area (Å²) in [6.07, 6.45) is -3.21. The highest BCUT2D eigenvalue weighted by Gasteiger charge is 2.33. The van der Waals surface area contributed by atoms with E-state index in [2.05, 4.69) is 11.7 Å². The Morgan fingerprint density at radius 3 is 2.44 bits per heavy atom. The minimum atomic E-state index is -4.91. The van der Waals surface area contributed by atoms with Crippen molar-refractivity contribution in [3.05, 3.63) is 24.0 Å². The van der Waals surface area contributed by atoms with E-state index in [-0.39, 0.29) is 11.9 Å². The molecule has 0 bridgehead atoms. The molecular formula is C12H12F4O2. The number of hydrogen-bond acceptors (Lipinski definition) is 2. The fraction of sp³-hybridized carbons (Fsp3) is 0.500. The van der Waals surface area contributed by atoms with Crippen LogP contribution in [0.25, 0.3) is 0 Å². The van der Waals surface area contributed by atoms with E-state index < -0.39 is 17.9 Å². The molecule has 2 nitrogen and oxygen atoms in total. The molecule has 0 N–H and O–H groups in total. The van der Waals surface area contributed by atoms with Gasteiger partial charge in [0.15, 0.2) is 11.6 Å². The predicted molar refractivity (Wildman–Crippen MR) is 55.9 cm³/mol. The molecule has 1 saturated carbocycles. The summed E-state index contributed by atoms with van der Waals surface area (Å²) in [5.41, 5.74) is 0. The minimum absolute atomic E-state index is 0.0100. The molecule has 1 aliphatic rings. The Balaban J connectivity index is 2.06. The Bertz CT molecular complexity index is 425. The van der Waals surface area contributed by atoms with Crippen molar-refractivity contribution in [1.82, 2.24) is 0 Å².